The molecule has 0 unspecified atom stereocenters. The number of methoxy groups -OCH3 is 3. The van der Waals surface area contributed by atoms with Gasteiger partial charge in [0.2, 0.25) is 11.7 Å². The Morgan fingerprint density at radius 1 is 1.17 bits per heavy atom. The molecule has 0 aliphatic heterocycles. The second-order valence-electron chi connectivity index (χ2n) is 3.44. The van der Waals surface area contributed by atoms with Gasteiger partial charge < -0.3 is 19.5 Å². The highest BCUT2D eigenvalue weighted by Gasteiger charge is 2.13. The number of alkyl halides is 1. The van der Waals surface area contributed by atoms with Gasteiger partial charge in [-0.1, -0.05) is 0 Å². The van der Waals surface area contributed by atoms with Gasteiger partial charge in [0.25, 0.3) is 0 Å². The molecule has 100 valence electrons. The maximum Gasteiger partial charge on any atom is 0.235 e. The van der Waals surface area contributed by atoms with E-state index in [1.165, 1.54) is 7.11 Å². The summed E-state index contributed by atoms with van der Waals surface area (Å²) in [5.41, 5.74) is 0.836. The highest BCUT2D eigenvalue weighted by Crippen LogP contribution is 2.38. The Morgan fingerprint density at radius 2 is 1.72 bits per heavy atom. The normalized spacial score (nSPS) is 9.78. The molecule has 0 aliphatic rings. The number of amides is 1. The summed E-state index contributed by atoms with van der Waals surface area (Å²) < 4.78 is 15.6. The molecule has 0 aliphatic carbocycles. The van der Waals surface area contributed by atoms with E-state index in [0.29, 0.717) is 23.8 Å². The highest BCUT2D eigenvalue weighted by molar-refractivity contribution is 6.27. The van der Waals surface area contributed by atoms with E-state index < -0.39 is 0 Å². The summed E-state index contributed by atoms with van der Waals surface area (Å²) in [7, 11) is 4.62. The molecule has 0 aromatic heterocycles. The molecule has 0 fully saturated rings. The van der Waals surface area contributed by atoms with E-state index in [4.69, 9.17) is 25.8 Å². The van der Waals surface area contributed by atoms with Crippen LogP contribution in [0.4, 0.5) is 0 Å². The van der Waals surface area contributed by atoms with E-state index >= 15 is 0 Å². The zero-order valence-electron chi connectivity index (χ0n) is 10.6. The van der Waals surface area contributed by atoms with Gasteiger partial charge in [0.1, 0.15) is 5.88 Å². The summed E-state index contributed by atoms with van der Waals surface area (Å²) in [6.45, 7) is 0.349. The maximum atomic E-state index is 11.1. The molecule has 1 N–H and O–H groups in total. The third-order valence-corrected chi connectivity index (χ3v) is 2.58. The van der Waals surface area contributed by atoms with Crippen molar-refractivity contribution in [3.63, 3.8) is 0 Å². The predicted molar refractivity (Wildman–Crippen MR) is 68.7 cm³/mol. The predicted octanol–water partition coefficient (Wildman–Crippen LogP) is 1.57. The van der Waals surface area contributed by atoms with Gasteiger partial charge in [-0.15, -0.1) is 11.6 Å². The van der Waals surface area contributed by atoms with Gasteiger partial charge in [-0.05, 0) is 17.7 Å². The van der Waals surface area contributed by atoms with Gasteiger partial charge in [-0.3, -0.25) is 4.79 Å². The van der Waals surface area contributed by atoms with E-state index in [2.05, 4.69) is 5.32 Å². The SMILES string of the molecule is COc1cc(CNC(=O)CCl)cc(OC)c1OC. The van der Waals surface area contributed by atoms with Gasteiger partial charge in [0, 0.05) is 6.54 Å². The first kappa shape index (κ1) is 14.4. The van der Waals surface area contributed by atoms with Crippen LogP contribution in [-0.4, -0.2) is 33.1 Å². The van der Waals surface area contributed by atoms with Crippen LogP contribution in [0.2, 0.25) is 0 Å². The first-order valence-electron chi connectivity index (χ1n) is 5.27. The van der Waals surface area contributed by atoms with Crippen LogP contribution in [-0.2, 0) is 11.3 Å². The molecule has 0 spiro atoms. The highest BCUT2D eigenvalue weighted by atomic mass is 35.5. The topological polar surface area (TPSA) is 56.8 Å². The number of rotatable bonds is 6. The van der Waals surface area contributed by atoms with Gasteiger partial charge in [0.15, 0.2) is 11.5 Å². The number of halogens is 1. The zero-order valence-corrected chi connectivity index (χ0v) is 11.3. The van der Waals surface area contributed by atoms with Crippen LogP contribution < -0.4 is 19.5 Å². The lowest BCUT2D eigenvalue weighted by molar-refractivity contribution is -0.118. The minimum atomic E-state index is -0.231. The molecule has 18 heavy (non-hydrogen) atoms. The zero-order chi connectivity index (χ0) is 13.5. The number of nitrogens with one attached hydrogen (secondary N) is 1. The molecule has 1 rings (SSSR count). The standard InChI is InChI=1S/C12H16ClNO4/c1-16-9-4-8(7-14-11(15)6-13)5-10(17-2)12(9)18-3/h4-5H,6-7H2,1-3H3,(H,14,15). The molecule has 5 nitrogen and oxygen atoms in total. The van der Waals surface area contributed by atoms with Crippen LogP contribution in [0.3, 0.4) is 0 Å². The van der Waals surface area contributed by atoms with Crippen molar-refractivity contribution in [2.75, 3.05) is 27.2 Å². The Hall–Kier alpha value is -1.62. The van der Waals surface area contributed by atoms with Gasteiger partial charge >= 0.3 is 0 Å². The van der Waals surface area contributed by atoms with Crippen LogP contribution in [0, 0.1) is 0 Å². The van der Waals surface area contributed by atoms with Crippen molar-refractivity contribution in [3.05, 3.63) is 17.7 Å². The summed E-state index contributed by atoms with van der Waals surface area (Å²) in [4.78, 5) is 11.1. The van der Waals surface area contributed by atoms with Gasteiger partial charge in [0.05, 0.1) is 21.3 Å². The number of carbonyl (C=O) groups is 1. The van der Waals surface area contributed by atoms with Crippen LogP contribution in [0.25, 0.3) is 0 Å². The van der Waals surface area contributed by atoms with E-state index in [0.717, 1.165) is 5.56 Å². The largest absolute Gasteiger partial charge is 0.493 e. The van der Waals surface area contributed by atoms with E-state index in [1.807, 2.05) is 0 Å². The smallest absolute Gasteiger partial charge is 0.235 e. The summed E-state index contributed by atoms with van der Waals surface area (Å²) in [6.07, 6.45) is 0. The summed E-state index contributed by atoms with van der Waals surface area (Å²) in [6, 6.07) is 3.55. The van der Waals surface area contributed by atoms with Gasteiger partial charge in [-0.2, -0.15) is 0 Å². The van der Waals surface area contributed by atoms with Crippen molar-refractivity contribution < 1.29 is 19.0 Å². The van der Waals surface area contributed by atoms with Crippen LogP contribution in [0.5, 0.6) is 17.2 Å². The summed E-state index contributed by atoms with van der Waals surface area (Å²) in [5.74, 6) is 1.32. The second-order valence-corrected chi connectivity index (χ2v) is 3.71. The van der Waals surface area contributed by atoms with Crippen molar-refractivity contribution in [1.82, 2.24) is 5.32 Å². The summed E-state index contributed by atoms with van der Waals surface area (Å²) >= 11 is 5.40. The first-order valence-corrected chi connectivity index (χ1v) is 5.81. The average molecular weight is 274 g/mol. The minimum Gasteiger partial charge on any atom is -0.493 e. The van der Waals surface area contributed by atoms with Crippen LogP contribution >= 0.6 is 11.6 Å². The molecular formula is C12H16ClNO4. The lowest BCUT2D eigenvalue weighted by atomic mass is 10.2. The quantitative estimate of drug-likeness (QED) is 0.800. The van der Waals surface area contributed by atoms with Crippen molar-refractivity contribution >= 4 is 17.5 Å². The third-order valence-electron chi connectivity index (χ3n) is 2.34. The first-order chi connectivity index (χ1) is 8.65. The maximum absolute atomic E-state index is 11.1. The van der Waals surface area contributed by atoms with Crippen molar-refractivity contribution in [2.45, 2.75) is 6.54 Å². The molecule has 6 heteroatoms. The Labute approximate surface area is 111 Å². The summed E-state index contributed by atoms with van der Waals surface area (Å²) in [5, 5.41) is 2.67. The van der Waals surface area contributed by atoms with E-state index in [9.17, 15) is 4.79 Å². The number of hydrogen-bond donors (Lipinski definition) is 1. The average Bonchev–Trinajstić information content (AvgIpc) is 2.43. The van der Waals surface area contributed by atoms with Gasteiger partial charge in [-0.25, -0.2) is 0 Å². The molecule has 0 bridgehead atoms. The lowest BCUT2D eigenvalue weighted by Gasteiger charge is -2.14. The van der Waals surface area contributed by atoms with Crippen molar-refractivity contribution in [2.24, 2.45) is 0 Å². The lowest BCUT2D eigenvalue weighted by Crippen LogP contribution is -2.23. The molecular weight excluding hydrogens is 258 g/mol. The Balaban J connectivity index is 2.96. The molecule has 0 atom stereocenters. The van der Waals surface area contributed by atoms with Crippen LogP contribution in [0.15, 0.2) is 12.1 Å². The molecule has 0 saturated carbocycles. The number of carbonyl (C=O) groups excluding carboxylic acids is 1. The monoisotopic (exact) mass is 273 g/mol. The third kappa shape index (κ3) is 3.43. The molecule has 1 amide bonds. The minimum absolute atomic E-state index is 0.0651. The molecule has 0 radical (unpaired) electrons. The Kier molecular flexibility index (Phi) is 5.58. The van der Waals surface area contributed by atoms with E-state index in [-0.39, 0.29) is 11.8 Å². The van der Waals surface area contributed by atoms with Crippen molar-refractivity contribution in [1.29, 1.82) is 0 Å². The van der Waals surface area contributed by atoms with Crippen LogP contribution in [0.1, 0.15) is 5.56 Å². The number of benzene rings is 1. The van der Waals surface area contributed by atoms with E-state index in [1.54, 1.807) is 26.4 Å². The molecule has 0 heterocycles. The number of ether oxygens (including phenoxy) is 3. The Morgan fingerprint density at radius 3 is 2.11 bits per heavy atom. The fraction of sp³-hybridized carbons (Fsp3) is 0.417. The fourth-order valence-corrected chi connectivity index (χ4v) is 1.58. The Bertz CT molecular complexity index is 398. The fourth-order valence-electron chi connectivity index (χ4n) is 1.49. The molecule has 0 saturated heterocycles. The van der Waals surface area contributed by atoms with Crippen molar-refractivity contribution in [3.8, 4) is 17.2 Å². The molecule has 1 aromatic rings. The molecule has 1 aromatic carbocycles. The number of hydrogen-bond acceptors (Lipinski definition) is 4. The second kappa shape index (κ2) is 6.96.